The van der Waals surface area contributed by atoms with E-state index in [0.29, 0.717) is 41.2 Å². The summed E-state index contributed by atoms with van der Waals surface area (Å²) in [6, 6.07) is 14.5. The van der Waals surface area contributed by atoms with E-state index in [-0.39, 0.29) is 11.8 Å². The molecule has 0 spiro atoms. The number of nitrogens with one attached hydrogen (secondary N) is 1. The van der Waals surface area contributed by atoms with Crippen LogP contribution in [0.15, 0.2) is 48.5 Å². The molecule has 156 valence electrons. The number of para-hydroxylation sites is 3. The average molecular weight is 426 g/mol. The van der Waals surface area contributed by atoms with E-state index in [1.807, 2.05) is 42.5 Å². The van der Waals surface area contributed by atoms with E-state index in [9.17, 15) is 13.2 Å². The summed E-state index contributed by atoms with van der Waals surface area (Å²) in [4.78, 5) is 21.7. The Kier molecular flexibility index (Phi) is 5.42. The standard InChI is InChI=1S/C22H23N3O4S/c1-14-20(24-19-9-5-4-8-18(19)23-14)13-30(27,28)15(2)22(26)25-17-11-12-29-21-10-6-3-7-16(17)21/h3-10,15,17H,11-13H2,1-2H3,(H,25,26)/t15-,17-/m1/s1. The fraction of sp³-hybridized carbons (Fsp3) is 0.318. The normalized spacial score (nSPS) is 17.1. The van der Waals surface area contributed by atoms with E-state index in [2.05, 4.69) is 15.3 Å². The molecule has 1 aliphatic heterocycles. The first-order chi connectivity index (χ1) is 14.3. The van der Waals surface area contributed by atoms with Crippen molar-refractivity contribution in [2.45, 2.75) is 37.3 Å². The summed E-state index contributed by atoms with van der Waals surface area (Å²) in [5.41, 5.74) is 3.11. The van der Waals surface area contributed by atoms with Crippen LogP contribution in [0.1, 0.15) is 36.3 Å². The highest BCUT2D eigenvalue weighted by atomic mass is 32.2. The molecular formula is C22H23N3O4S. The summed E-state index contributed by atoms with van der Waals surface area (Å²) in [7, 11) is -3.78. The topological polar surface area (TPSA) is 98.3 Å². The third-order valence-corrected chi connectivity index (χ3v) is 7.33. The van der Waals surface area contributed by atoms with Crippen molar-refractivity contribution in [1.82, 2.24) is 15.3 Å². The van der Waals surface area contributed by atoms with Crippen molar-refractivity contribution in [2.24, 2.45) is 0 Å². The fourth-order valence-electron chi connectivity index (χ4n) is 3.52. The van der Waals surface area contributed by atoms with Crippen molar-refractivity contribution in [3.63, 3.8) is 0 Å². The molecule has 30 heavy (non-hydrogen) atoms. The lowest BCUT2D eigenvalue weighted by molar-refractivity contribution is -0.121. The molecule has 8 heteroatoms. The quantitative estimate of drug-likeness (QED) is 0.675. The molecule has 0 fully saturated rings. The Morgan fingerprint density at radius 1 is 1.13 bits per heavy atom. The highest BCUT2D eigenvalue weighted by Gasteiger charge is 2.32. The second kappa shape index (κ2) is 8.02. The number of aromatic nitrogens is 2. The van der Waals surface area contributed by atoms with Crippen LogP contribution in [0.3, 0.4) is 0 Å². The number of hydrogen-bond donors (Lipinski definition) is 1. The second-order valence-corrected chi connectivity index (χ2v) is 9.75. The van der Waals surface area contributed by atoms with Gasteiger partial charge in [-0.3, -0.25) is 4.79 Å². The number of amides is 1. The Labute approximate surface area is 175 Å². The molecule has 2 atom stereocenters. The van der Waals surface area contributed by atoms with Crippen molar-refractivity contribution in [3.8, 4) is 5.75 Å². The van der Waals surface area contributed by atoms with Gasteiger partial charge in [-0.05, 0) is 32.0 Å². The summed E-state index contributed by atoms with van der Waals surface area (Å²) < 4.78 is 31.5. The molecular weight excluding hydrogens is 402 g/mol. The highest BCUT2D eigenvalue weighted by Crippen LogP contribution is 2.31. The van der Waals surface area contributed by atoms with E-state index in [0.717, 1.165) is 5.56 Å². The van der Waals surface area contributed by atoms with Gasteiger partial charge in [0.2, 0.25) is 5.91 Å². The van der Waals surface area contributed by atoms with Gasteiger partial charge in [0.1, 0.15) is 11.0 Å². The van der Waals surface area contributed by atoms with E-state index < -0.39 is 21.0 Å². The van der Waals surface area contributed by atoms with Gasteiger partial charge in [0, 0.05) is 12.0 Å². The maximum Gasteiger partial charge on any atom is 0.238 e. The van der Waals surface area contributed by atoms with Crippen LogP contribution in [0.5, 0.6) is 5.75 Å². The molecule has 0 unspecified atom stereocenters. The van der Waals surface area contributed by atoms with Crippen LogP contribution in [0.25, 0.3) is 11.0 Å². The molecule has 3 aromatic rings. The minimum atomic E-state index is -3.78. The van der Waals surface area contributed by atoms with Gasteiger partial charge in [-0.1, -0.05) is 30.3 Å². The molecule has 2 heterocycles. The van der Waals surface area contributed by atoms with Crippen LogP contribution in [-0.2, 0) is 20.4 Å². The molecule has 0 saturated heterocycles. The monoisotopic (exact) mass is 425 g/mol. The first kappa shape index (κ1) is 20.3. The Bertz CT molecular complexity index is 1210. The van der Waals surface area contributed by atoms with Crippen molar-refractivity contribution in [3.05, 3.63) is 65.5 Å². The zero-order chi connectivity index (χ0) is 21.3. The molecule has 1 aromatic heterocycles. The minimum absolute atomic E-state index is 0.276. The third-order valence-electron chi connectivity index (χ3n) is 5.36. The van der Waals surface area contributed by atoms with Gasteiger partial charge in [0.25, 0.3) is 0 Å². The molecule has 1 amide bonds. The Morgan fingerprint density at radius 2 is 1.80 bits per heavy atom. The number of carbonyl (C=O) groups excluding carboxylic acids is 1. The van der Waals surface area contributed by atoms with Crippen LogP contribution in [0.4, 0.5) is 0 Å². The number of aryl methyl sites for hydroxylation is 1. The van der Waals surface area contributed by atoms with Gasteiger partial charge in [-0.25, -0.2) is 18.4 Å². The molecule has 2 aromatic carbocycles. The van der Waals surface area contributed by atoms with Crippen LogP contribution >= 0.6 is 0 Å². The summed E-state index contributed by atoms with van der Waals surface area (Å²) >= 11 is 0. The number of nitrogens with zero attached hydrogens (tertiary/aromatic N) is 2. The minimum Gasteiger partial charge on any atom is -0.493 e. The van der Waals surface area contributed by atoms with Gasteiger partial charge in [0.05, 0.1) is 40.8 Å². The van der Waals surface area contributed by atoms with E-state index in [1.54, 1.807) is 13.0 Å². The van der Waals surface area contributed by atoms with Gasteiger partial charge in [0.15, 0.2) is 9.84 Å². The van der Waals surface area contributed by atoms with Crippen molar-refractivity contribution < 1.29 is 17.9 Å². The van der Waals surface area contributed by atoms with E-state index in [4.69, 9.17) is 4.74 Å². The van der Waals surface area contributed by atoms with Crippen LogP contribution < -0.4 is 10.1 Å². The molecule has 0 bridgehead atoms. The largest absolute Gasteiger partial charge is 0.493 e. The van der Waals surface area contributed by atoms with Crippen molar-refractivity contribution in [1.29, 1.82) is 0 Å². The summed E-state index contributed by atoms with van der Waals surface area (Å²) in [6.45, 7) is 3.61. The van der Waals surface area contributed by atoms with Gasteiger partial charge >= 0.3 is 0 Å². The Morgan fingerprint density at radius 3 is 2.57 bits per heavy atom. The lowest BCUT2D eigenvalue weighted by Crippen LogP contribution is -2.41. The maximum absolute atomic E-state index is 13.0. The SMILES string of the molecule is Cc1nc2ccccc2nc1CS(=O)(=O)[C@H](C)C(=O)N[C@@H]1CCOc2ccccc21. The zero-order valence-corrected chi connectivity index (χ0v) is 17.6. The predicted molar refractivity (Wildman–Crippen MR) is 114 cm³/mol. The number of ether oxygens (including phenoxy) is 1. The van der Waals surface area contributed by atoms with Gasteiger partial charge in [-0.15, -0.1) is 0 Å². The van der Waals surface area contributed by atoms with Crippen LogP contribution in [-0.4, -0.2) is 36.1 Å². The number of rotatable bonds is 5. The Hall–Kier alpha value is -3.00. The summed E-state index contributed by atoms with van der Waals surface area (Å²) in [6.07, 6.45) is 0.588. The molecule has 1 aliphatic rings. The molecule has 0 aliphatic carbocycles. The maximum atomic E-state index is 13.0. The number of hydrogen-bond acceptors (Lipinski definition) is 6. The summed E-state index contributed by atoms with van der Waals surface area (Å²) in [5, 5.41) is 1.67. The molecule has 1 N–H and O–H groups in total. The van der Waals surface area contributed by atoms with E-state index in [1.165, 1.54) is 6.92 Å². The van der Waals surface area contributed by atoms with Crippen molar-refractivity contribution >= 4 is 26.8 Å². The molecule has 4 rings (SSSR count). The van der Waals surface area contributed by atoms with Crippen molar-refractivity contribution in [2.75, 3.05) is 6.61 Å². The average Bonchev–Trinajstić information content (AvgIpc) is 2.74. The van der Waals surface area contributed by atoms with Crippen LogP contribution in [0.2, 0.25) is 0 Å². The molecule has 0 radical (unpaired) electrons. The number of carbonyl (C=O) groups is 1. The first-order valence-electron chi connectivity index (χ1n) is 9.81. The second-order valence-electron chi connectivity index (χ2n) is 7.43. The summed E-state index contributed by atoms with van der Waals surface area (Å²) in [5.74, 6) is -0.148. The number of fused-ring (bicyclic) bond motifs is 2. The lowest BCUT2D eigenvalue weighted by atomic mass is 10.0. The Balaban J connectivity index is 1.52. The number of sulfone groups is 1. The van der Waals surface area contributed by atoms with Crippen LogP contribution in [0, 0.1) is 6.92 Å². The highest BCUT2D eigenvalue weighted by molar-refractivity contribution is 7.92. The van der Waals surface area contributed by atoms with E-state index >= 15 is 0 Å². The van der Waals surface area contributed by atoms with Gasteiger partial charge in [-0.2, -0.15) is 0 Å². The van der Waals surface area contributed by atoms with Gasteiger partial charge < -0.3 is 10.1 Å². The first-order valence-corrected chi connectivity index (χ1v) is 11.5. The fourth-order valence-corrected chi connectivity index (χ4v) is 4.82. The third kappa shape index (κ3) is 4.00. The molecule has 7 nitrogen and oxygen atoms in total. The zero-order valence-electron chi connectivity index (χ0n) is 16.8. The predicted octanol–water partition coefficient (Wildman–Crippen LogP) is 2.88. The smallest absolute Gasteiger partial charge is 0.238 e. The number of benzene rings is 2. The molecule has 0 saturated carbocycles. The lowest BCUT2D eigenvalue weighted by Gasteiger charge is -2.27.